The highest BCUT2D eigenvalue weighted by Gasteiger charge is 2.21. The summed E-state index contributed by atoms with van der Waals surface area (Å²) in [5.74, 6) is 0.205. The molecule has 5 nitrogen and oxygen atoms in total. The number of carbonyl (C=O) groups is 1. The quantitative estimate of drug-likeness (QED) is 0.800. The molecule has 0 radical (unpaired) electrons. The van der Waals surface area contributed by atoms with Gasteiger partial charge in [-0.2, -0.15) is 0 Å². The fraction of sp³-hybridized carbons (Fsp3) is 0.812. The lowest BCUT2D eigenvalue weighted by molar-refractivity contribution is -0.130. The summed E-state index contributed by atoms with van der Waals surface area (Å²) in [6.45, 7) is 6.65. The molecule has 1 heterocycles. The number of hydrogen-bond acceptors (Lipinski definition) is 4. The van der Waals surface area contributed by atoms with Gasteiger partial charge in [0, 0.05) is 31.9 Å². The summed E-state index contributed by atoms with van der Waals surface area (Å²) in [5, 5.41) is 3.32. The van der Waals surface area contributed by atoms with Gasteiger partial charge >= 0.3 is 0 Å². The third-order valence-corrected chi connectivity index (χ3v) is 4.16. The Balaban J connectivity index is 1.81. The van der Waals surface area contributed by atoms with E-state index in [0.29, 0.717) is 6.54 Å². The molecule has 0 aromatic heterocycles. The standard InChI is InChI=1S/C16H29N3O2/c1-3-19(14-7-5-4-6-8-14)16(20)13-18(2)12-15-11-17-9-10-21-15/h7,15,17H,3-6,8-13H2,1-2H3. The summed E-state index contributed by atoms with van der Waals surface area (Å²) in [7, 11) is 2.00. The second-order valence-corrected chi connectivity index (χ2v) is 5.97. The highest BCUT2D eigenvalue weighted by molar-refractivity contribution is 5.80. The predicted octanol–water partition coefficient (Wildman–Crippen LogP) is 1.21. The molecule has 0 saturated carbocycles. The van der Waals surface area contributed by atoms with Crippen LogP contribution in [-0.2, 0) is 9.53 Å². The van der Waals surface area contributed by atoms with Gasteiger partial charge in [0.15, 0.2) is 0 Å². The minimum Gasteiger partial charge on any atom is -0.374 e. The number of rotatable bonds is 6. The van der Waals surface area contributed by atoms with Crippen LogP contribution < -0.4 is 5.32 Å². The van der Waals surface area contributed by atoms with E-state index in [2.05, 4.69) is 23.2 Å². The van der Waals surface area contributed by atoms with Crippen LogP contribution in [0.1, 0.15) is 32.6 Å². The number of likely N-dealkylation sites (N-methyl/N-ethyl adjacent to an activating group) is 2. The maximum atomic E-state index is 12.5. The first-order valence-electron chi connectivity index (χ1n) is 8.21. The molecule has 2 aliphatic rings. The van der Waals surface area contributed by atoms with E-state index in [1.54, 1.807) is 0 Å². The molecule has 0 spiro atoms. The molecular weight excluding hydrogens is 266 g/mol. The van der Waals surface area contributed by atoms with Crippen molar-refractivity contribution in [3.63, 3.8) is 0 Å². The monoisotopic (exact) mass is 295 g/mol. The molecule has 1 N–H and O–H groups in total. The summed E-state index contributed by atoms with van der Waals surface area (Å²) < 4.78 is 5.69. The van der Waals surface area contributed by atoms with Crippen LogP contribution in [0, 0.1) is 0 Å². The fourth-order valence-electron chi connectivity index (χ4n) is 3.07. The molecule has 5 heteroatoms. The van der Waals surface area contributed by atoms with E-state index >= 15 is 0 Å². The molecule has 2 rings (SSSR count). The van der Waals surface area contributed by atoms with E-state index in [1.807, 2.05) is 11.9 Å². The Morgan fingerprint density at radius 2 is 2.33 bits per heavy atom. The molecule has 1 atom stereocenters. The predicted molar refractivity (Wildman–Crippen MR) is 84.0 cm³/mol. The maximum Gasteiger partial charge on any atom is 0.240 e. The van der Waals surface area contributed by atoms with Gasteiger partial charge in [0.1, 0.15) is 0 Å². The molecule has 1 aliphatic heterocycles. The minimum absolute atomic E-state index is 0.195. The van der Waals surface area contributed by atoms with E-state index in [9.17, 15) is 4.79 Å². The third-order valence-electron chi connectivity index (χ3n) is 4.16. The summed E-state index contributed by atoms with van der Waals surface area (Å²) in [6, 6.07) is 0. The SMILES string of the molecule is CCN(C(=O)CN(C)CC1CNCCO1)C1=CCCCC1. The topological polar surface area (TPSA) is 44.8 Å². The summed E-state index contributed by atoms with van der Waals surface area (Å²) in [4.78, 5) is 16.5. The van der Waals surface area contributed by atoms with E-state index < -0.39 is 0 Å². The lowest BCUT2D eigenvalue weighted by Gasteiger charge is -2.31. The zero-order valence-electron chi connectivity index (χ0n) is 13.4. The molecule has 0 bridgehead atoms. The van der Waals surface area contributed by atoms with Crippen molar-refractivity contribution in [3.05, 3.63) is 11.8 Å². The van der Waals surface area contributed by atoms with E-state index in [0.717, 1.165) is 45.6 Å². The lowest BCUT2D eigenvalue weighted by Crippen LogP contribution is -2.47. The number of nitrogens with one attached hydrogen (secondary N) is 1. The molecule has 1 aliphatic carbocycles. The molecule has 1 unspecified atom stereocenters. The number of amides is 1. The normalized spacial score (nSPS) is 23.0. The number of allylic oxidation sites excluding steroid dienone is 2. The number of hydrogen-bond donors (Lipinski definition) is 1. The highest BCUT2D eigenvalue weighted by Crippen LogP contribution is 2.21. The van der Waals surface area contributed by atoms with Gasteiger partial charge in [0.2, 0.25) is 5.91 Å². The van der Waals surface area contributed by atoms with Crippen LogP contribution in [0.15, 0.2) is 11.8 Å². The fourth-order valence-corrected chi connectivity index (χ4v) is 3.07. The van der Waals surface area contributed by atoms with Crippen LogP contribution in [0.5, 0.6) is 0 Å². The van der Waals surface area contributed by atoms with Crippen molar-refractivity contribution < 1.29 is 9.53 Å². The largest absolute Gasteiger partial charge is 0.374 e. The first-order valence-corrected chi connectivity index (χ1v) is 8.21. The maximum absolute atomic E-state index is 12.5. The average Bonchev–Trinajstić information content (AvgIpc) is 2.50. The molecular formula is C16H29N3O2. The van der Waals surface area contributed by atoms with Gasteiger partial charge in [0.05, 0.1) is 19.3 Å². The van der Waals surface area contributed by atoms with Crippen molar-refractivity contribution in [2.75, 3.05) is 46.4 Å². The summed E-state index contributed by atoms with van der Waals surface area (Å²) in [5.41, 5.74) is 1.22. The van der Waals surface area contributed by atoms with Gasteiger partial charge in [-0.3, -0.25) is 9.69 Å². The van der Waals surface area contributed by atoms with Crippen molar-refractivity contribution >= 4 is 5.91 Å². The zero-order valence-corrected chi connectivity index (χ0v) is 13.4. The number of morpholine rings is 1. The first kappa shape index (κ1) is 16.5. The molecule has 21 heavy (non-hydrogen) atoms. The Morgan fingerprint density at radius 3 is 2.95 bits per heavy atom. The van der Waals surface area contributed by atoms with Crippen molar-refractivity contribution in [1.29, 1.82) is 0 Å². The van der Waals surface area contributed by atoms with Crippen LogP contribution in [0.4, 0.5) is 0 Å². The van der Waals surface area contributed by atoms with Gasteiger partial charge < -0.3 is 15.0 Å². The van der Waals surface area contributed by atoms with E-state index in [1.165, 1.54) is 18.5 Å². The summed E-state index contributed by atoms with van der Waals surface area (Å²) >= 11 is 0. The van der Waals surface area contributed by atoms with Gasteiger partial charge in [0.25, 0.3) is 0 Å². The van der Waals surface area contributed by atoms with Gasteiger partial charge in [-0.25, -0.2) is 0 Å². The Morgan fingerprint density at radius 1 is 1.48 bits per heavy atom. The third kappa shape index (κ3) is 5.09. The lowest BCUT2D eigenvalue weighted by atomic mass is 10.0. The Bertz CT molecular complexity index is 365. The Labute approximate surface area is 128 Å². The van der Waals surface area contributed by atoms with Gasteiger partial charge in [-0.15, -0.1) is 0 Å². The number of ether oxygens (including phenoxy) is 1. The van der Waals surface area contributed by atoms with Gasteiger partial charge in [-0.1, -0.05) is 6.08 Å². The minimum atomic E-state index is 0.195. The van der Waals surface area contributed by atoms with E-state index in [4.69, 9.17) is 4.74 Å². The van der Waals surface area contributed by atoms with Crippen molar-refractivity contribution in [2.24, 2.45) is 0 Å². The zero-order chi connectivity index (χ0) is 15.1. The summed E-state index contributed by atoms with van der Waals surface area (Å²) in [6.07, 6.45) is 7.03. The first-order chi connectivity index (χ1) is 10.2. The van der Waals surface area contributed by atoms with Crippen LogP contribution in [0.25, 0.3) is 0 Å². The van der Waals surface area contributed by atoms with E-state index in [-0.39, 0.29) is 12.0 Å². The molecule has 0 aromatic carbocycles. The Hall–Kier alpha value is -0.910. The molecule has 1 fully saturated rings. The van der Waals surface area contributed by atoms with Crippen LogP contribution in [0.2, 0.25) is 0 Å². The number of nitrogens with zero attached hydrogens (tertiary/aromatic N) is 2. The molecule has 0 aromatic rings. The van der Waals surface area contributed by atoms with Crippen molar-refractivity contribution in [3.8, 4) is 0 Å². The second-order valence-electron chi connectivity index (χ2n) is 5.97. The van der Waals surface area contributed by atoms with Crippen LogP contribution in [-0.4, -0.2) is 68.2 Å². The molecule has 1 amide bonds. The molecule has 120 valence electrons. The highest BCUT2D eigenvalue weighted by atomic mass is 16.5. The van der Waals surface area contributed by atoms with Crippen molar-refractivity contribution in [2.45, 2.75) is 38.7 Å². The average molecular weight is 295 g/mol. The Kier molecular flexibility index (Phi) is 6.67. The van der Waals surface area contributed by atoms with Gasteiger partial charge in [-0.05, 0) is 39.7 Å². The second kappa shape index (κ2) is 8.51. The van der Waals surface area contributed by atoms with Crippen LogP contribution in [0.3, 0.4) is 0 Å². The smallest absolute Gasteiger partial charge is 0.240 e. The molecule has 1 saturated heterocycles. The number of carbonyl (C=O) groups excluding carboxylic acids is 1. The van der Waals surface area contributed by atoms with Crippen molar-refractivity contribution in [1.82, 2.24) is 15.1 Å². The van der Waals surface area contributed by atoms with Crippen LogP contribution >= 0.6 is 0 Å².